The van der Waals surface area contributed by atoms with Gasteiger partial charge in [-0.2, -0.15) is 5.10 Å². The number of H-pyrrole nitrogens is 1. The molecule has 0 bridgehead atoms. The quantitative estimate of drug-likeness (QED) is 0.860. The second kappa shape index (κ2) is 6.06. The Morgan fingerprint density at radius 2 is 2.04 bits per heavy atom. The summed E-state index contributed by atoms with van der Waals surface area (Å²) in [5.74, 6) is -3.55. The van der Waals surface area contributed by atoms with E-state index in [0.29, 0.717) is 18.1 Å². The molecule has 0 saturated heterocycles. The minimum atomic E-state index is -2.70. The van der Waals surface area contributed by atoms with E-state index >= 15 is 0 Å². The van der Waals surface area contributed by atoms with Crippen molar-refractivity contribution in [2.45, 2.75) is 32.2 Å². The van der Waals surface area contributed by atoms with Gasteiger partial charge in [-0.25, -0.2) is 13.8 Å². The number of carbonyl (C=O) groups is 1. The summed E-state index contributed by atoms with van der Waals surface area (Å²) < 4.78 is 26.7. The fourth-order valence-electron chi connectivity index (χ4n) is 2.84. The normalized spacial score (nSPS) is 21.9. The molecule has 1 saturated carbocycles. The Kier molecular flexibility index (Phi) is 4.11. The summed E-state index contributed by atoms with van der Waals surface area (Å²) >= 11 is 0. The van der Waals surface area contributed by atoms with Gasteiger partial charge < -0.3 is 5.32 Å². The lowest BCUT2D eigenvalue weighted by Crippen LogP contribution is -2.24. The predicted octanol–water partition coefficient (Wildman–Crippen LogP) is 2.77. The molecule has 1 fully saturated rings. The minimum Gasteiger partial charge on any atom is -0.349 e. The SMILES string of the molecule is CC[C@@H]1[C@@H](CC(=O)NCc2nc(-c3ccccc3)n[nH]2)C1(F)F. The van der Waals surface area contributed by atoms with Gasteiger partial charge in [-0.3, -0.25) is 9.89 Å². The topological polar surface area (TPSA) is 70.7 Å². The van der Waals surface area contributed by atoms with E-state index in [4.69, 9.17) is 0 Å². The van der Waals surface area contributed by atoms with E-state index in [0.717, 1.165) is 5.56 Å². The number of hydrogen-bond donors (Lipinski definition) is 2. The van der Waals surface area contributed by atoms with Crippen LogP contribution in [0.15, 0.2) is 30.3 Å². The number of benzene rings is 1. The van der Waals surface area contributed by atoms with Crippen LogP contribution in [0.1, 0.15) is 25.6 Å². The summed E-state index contributed by atoms with van der Waals surface area (Å²) in [5, 5.41) is 9.43. The van der Waals surface area contributed by atoms with Crippen LogP contribution in [0.5, 0.6) is 0 Å². The maximum atomic E-state index is 13.4. The third-order valence-electron chi connectivity index (χ3n) is 4.23. The van der Waals surface area contributed by atoms with Crippen molar-refractivity contribution in [1.29, 1.82) is 0 Å². The van der Waals surface area contributed by atoms with E-state index in [1.807, 2.05) is 30.3 Å². The number of aromatic amines is 1. The van der Waals surface area contributed by atoms with Crippen LogP contribution in [-0.2, 0) is 11.3 Å². The maximum Gasteiger partial charge on any atom is 0.255 e. The van der Waals surface area contributed by atoms with Gasteiger partial charge in [-0.15, -0.1) is 0 Å². The zero-order chi connectivity index (χ0) is 16.4. The molecule has 7 heteroatoms. The van der Waals surface area contributed by atoms with Gasteiger partial charge in [0.05, 0.1) is 6.54 Å². The van der Waals surface area contributed by atoms with Gasteiger partial charge >= 0.3 is 0 Å². The molecule has 1 heterocycles. The van der Waals surface area contributed by atoms with Gasteiger partial charge in [0.15, 0.2) is 5.82 Å². The third-order valence-corrected chi connectivity index (χ3v) is 4.23. The van der Waals surface area contributed by atoms with Crippen LogP contribution in [0.3, 0.4) is 0 Å². The summed E-state index contributed by atoms with van der Waals surface area (Å²) in [7, 11) is 0. The van der Waals surface area contributed by atoms with Gasteiger partial charge in [0.1, 0.15) is 5.82 Å². The first-order valence-electron chi connectivity index (χ1n) is 7.63. The lowest BCUT2D eigenvalue weighted by Gasteiger charge is -2.02. The number of rotatable bonds is 6. The van der Waals surface area contributed by atoms with Crippen molar-refractivity contribution < 1.29 is 13.6 Å². The first-order chi connectivity index (χ1) is 11.0. The van der Waals surface area contributed by atoms with E-state index < -0.39 is 17.8 Å². The van der Waals surface area contributed by atoms with Crippen molar-refractivity contribution in [3.63, 3.8) is 0 Å². The third kappa shape index (κ3) is 3.23. The number of nitrogens with one attached hydrogen (secondary N) is 2. The molecule has 2 N–H and O–H groups in total. The van der Waals surface area contributed by atoms with E-state index in [-0.39, 0.29) is 18.9 Å². The van der Waals surface area contributed by atoms with Crippen molar-refractivity contribution >= 4 is 5.91 Å². The van der Waals surface area contributed by atoms with E-state index in [2.05, 4.69) is 20.5 Å². The van der Waals surface area contributed by atoms with E-state index in [9.17, 15) is 13.6 Å². The zero-order valence-electron chi connectivity index (χ0n) is 12.7. The number of hydrogen-bond acceptors (Lipinski definition) is 3. The molecule has 122 valence electrons. The standard InChI is InChI=1S/C16H18F2N4O/c1-2-11-12(16(11,17)18)8-14(23)19-9-13-20-15(22-21-13)10-6-4-3-5-7-10/h3-7,11-12H,2,8-9H2,1H3,(H,19,23)(H,20,21,22)/t11-,12-/m1/s1. The van der Waals surface area contributed by atoms with Crippen LogP contribution in [0.2, 0.25) is 0 Å². The first-order valence-corrected chi connectivity index (χ1v) is 7.63. The van der Waals surface area contributed by atoms with Crippen molar-refractivity contribution in [1.82, 2.24) is 20.5 Å². The molecule has 2 atom stereocenters. The van der Waals surface area contributed by atoms with Crippen LogP contribution >= 0.6 is 0 Å². The highest BCUT2D eigenvalue weighted by atomic mass is 19.3. The van der Waals surface area contributed by atoms with Crippen LogP contribution in [0, 0.1) is 11.8 Å². The zero-order valence-corrected chi connectivity index (χ0v) is 12.7. The molecule has 23 heavy (non-hydrogen) atoms. The largest absolute Gasteiger partial charge is 0.349 e. The summed E-state index contributed by atoms with van der Waals surface area (Å²) in [4.78, 5) is 16.1. The second-order valence-corrected chi connectivity index (χ2v) is 5.75. The van der Waals surface area contributed by atoms with Crippen LogP contribution in [0.25, 0.3) is 11.4 Å². The average Bonchev–Trinajstić information content (AvgIpc) is 2.91. The molecule has 1 aliphatic rings. The second-order valence-electron chi connectivity index (χ2n) is 5.75. The van der Waals surface area contributed by atoms with Crippen LogP contribution in [0.4, 0.5) is 8.78 Å². The number of halogens is 2. The smallest absolute Gasteiger partial charge is 0.255 e. The molecular formula is C16H18F2N4O. The fraction of sp³-hybridized carbons (Fsp3) is 0.438. The van der Waals surface area contributed by atoms with Crippen LogP contribution < -0.4 is 5.32 Å². The molecule has 1 aliphatic carbocycles. The summed E-state index contributed by atoms with van der Waals surface area (Å²) in [6.45, 7) is 1.86. The molecule has 0 unspecified atom stereocenters. The Bertz CT molecular complexity index is 686. The van der Waals surface area contributed by atoms with Crippen molar-refractivity contribution in [2.24, 2.45) is 11.8 Å². The molecule has 0 spiro atoms. The van der Waals surface area contributed by atoms with E-state index in [1.165, 1.54) is 0 Å². The molecular weight excluding hydrogens is 302 g/mol. The molecule has 0 radical (unpaired) electrons. The highest BCUT2D eigenvalue weighted by Crippen LogP contribution is 2.58. The molecule has 1 aromatic heterocycles. The van der Waals surface area contributed by atoms with Gasteiger partial charge in [-0.05, 0) is 6.42 Å². The minimum absolute atomic E-state index is 0.147. The summed E-state index contributed by atoms with van der Waals surface area (Å²) in [6.07, 6.45) is 0.249. The Balaban J connectivity index is 1.51. The van der Waals surface area contributed by atoms with Crippen LogP contribution in [-0.4, -0.2) is 27.0 Å². The average molecular weight is 320 g/mol. The predicted molar refractivity (Wildman–Crippen MR) is 80.5 cm³/mol. The Morgan fingerprint density at radius 3 is 2.70 bits per heavy atom. The number of alkyl halides is 2. The Labute approximate surface area is 132 Å². The maximum absolute atomic E-state index is 13.4. The van der Waals surface area contributed by atoms with Gasteiger partial charge in [-0.1, -0.05) is 37.3 Å². The molecule has 5 nitrogen and oxygen atoms in total. The molecule has 1 amide bonds. The van der Waals surface area contributed by atoms with Gasteiger partial charge in [0.2, 0.25) is 5.91 Å². The highest BCUT2D eigenvalue weighted by molar-refractivity contribution is 5.76. The summed E-state index contributed by atoms with van der Waals surface area (Å²) in [6, 6.07) is 9.42. The van der Waals surface area contributed by atoms with Crippen molar-refractivity contribution in [2.75, 3.05) is 0 Å². The van der Waals surface area contributed by atoms with Crippen molar-refractivity contribution in [3.05, 3.63) is 36.2 Å². The number of aromatic nitrogens is 3. The number of amides is 1. The molecule has 0 aliphatic heterocycles. The lowest BCUT2D eigenvalue weighted by molar-refractivity contribution is -0.122. The van der Waals surface area contributed by atoms with Gasteiger partial charge in [0, 0.05) is 23.8 Å². The Hall–Kier alpha value is -2.31. The number of carbonyl (C=O) groups excluding carboxylic acids is 1. The fourth-order valence-corrected chi connectivity index (χ4v) is 2.84. The summed E-state index contributed by atoms with van der Waals surface area (Å²) in [5.41, 5.74) is 0.865. The van der Waals surface area contributed by atoms with Gasteiger partial charge in [0.25, 0.3) is 5.92 Å². The molecule has 1 aromatic carbocycles. The van der Waals surface area contributed by atoms with Crippen molar-refractivity contribution in [3.8, 4) is 11.4 Å². The Morgan fingerprint density at radius 1 is 1.30 bits per heavy atom. The molecule has 2 aromatic rings. The number of nitrogens with zero attached hydrogens (tertiary/aromatic N) is 2. The van der Waals surface area contributed by atoms with E-state index in [1.54, 1.807) is 6.92 Å². The monoisotopic (exact) mass is 320 g/mol. The highest BCUT2D eigenvalue weighted by Gasteiger charge is 2.66. The molecule has 3 rings (SSSR count). The first kappa shape index (κ1) is 15.6. The lowest BCUT2D eigenvalue weighted by atomic mass is 10.2.